The number of hydrogen-bond donors (Lipinski definition) is 1. The highest BCUT2D eigenvalue weighted by Gasteiger charge is 2.47. The van der Waals surface area contributed by atoms with Crippen molar-refractivity contribution in [1.29, 1.82) is 0 Å². The number of rotatable bonds is 3. The van der Waals surface area contributed by atoms with Gasteiger partial charge in [-0.3, -0.25) is 9.69 Å². The van der Waals surface area contributed by atoms with Gasteiger partial charge in [0.05, 0.1) is 25.4 Å². The molecule has 3 aliphatic heterocycles. The average molecular weight is 403 g/mol. The Morgan fingerprint density at radius 1 is 1.38 bits per heavy atom. The standard InChI is InChI=1S/C20H22FN3O5/c1-11(25)22-10-18-17-8-13-7-14(12-3-5-23(6-4-12)19(26)28-2)15(21)9-16(13)24(17)20(27)29-18/h3,7,9,17-18H,4-6,8,10H2,1-2H3,(H,22,25)/t17-,18?/m0/s1. The largest absolute Gasteiger partial charge is 0.453 e. The fraction of sp³-hybridized carbons (Fsp3) is 0.450. The Hall–Kier alpha value is -3.10. The number of nitrogens with one attached hydrogen (secondary N) is 1. The predicted molar refractivity (Wildman–Crippen MR) is 102 cm³/mol. The first kappa shape index (κ1) is 19.2. The second-order valence-electron chi connectivity index (χ2n) is 7.36. The minimum Gasteiger partial charge on any atom is -0.453 e. The number of anilines is 1. The van der Waals surface area contributed by atoms with Gasteiger partial charge in [-0.15, -0.1) is 0 Å². The van der Waals surface area contributed by atoms with Crippen molar-refractivity contribution in [2.75, 3.05) is 31.6 Å². The van der Waals surface area contributed by atoms with Crippen LogP contribution in [0.25, 0.3) is 5.57 Å². The summed E-state index contributed by atoms with van der Waals surface area (Å²) in [4.78, 5) is 38.1. The molecule has 0 radical (unpaired) electrons. The molecule has 1 N–H and O–H groups in total. The van der Waals surface area contributed by atoms with Crippen LogP contribution in [0.1, 0.15) is 24.5 Å². The minimum atomic E-state index is -0.526. The first-order valence-electron chi connectivity index (χ1n) is 9.48. The molecule has 0 bridgehead atoms. The molecule has 1 unspecified atom stereocenters. The zero-order valence-corrected chi connectivity index (χ0v) is 16.2. The van der Waals surface area contributed by atoms with Crippen LogP contribution in [0.4, 0.5) is 19.7 Å². The van der Waals surface area contributed by atoms with E-state index in [4.69, 9.17) is 9.47 Å². The average Bonchev–Trinajstić information content (AvgIpc) is 3.22. The lowest BCUT2D eigenvalue weighted by Crippen LogP contribution is -2.40. The summed E-state index contributed by atoms with van der Waals surface area (Å²) in [6.45, 7) is 2.44. The summed E-state index contributed by atoms with van der Waals surface area (Å²) in [6, 6.07) is 2.89. The highest BCUT2D eigenvalue weighted by atomic mass is 19.1. The molecule has 8 nitrogen and oxygen atoms in total. The number of cyclic esters (lactones) is 1. The van der Waals surface area contributed by atoms with Crippen molar-refractivity contribution in [3.63, 3.8) is 0 Å². The molecule has 1 aromatic rings. The van der Waals surface area contributed by atoms with Crippen LogP contribution in [-0.4, -0.2) is 61.9 Å². The minimum absolute atomic E-state index is 0.200. The lowest BCUT2D eigenvalue weighted by Gasteiger charge is -2.25. The van der Waals surface area contributed by atoms with Crippen LogP contribution in [0.2, 0.25) is 0 Å². The van der Waals surface area contributed by atoms with E-state index in [9.17, 15) is 18.8 Å². The lowest BCUT2D eigenvalue weighted by atomic mass is 9.95. The summed E-state index contributed by atoms with van der Waals surface area (Å²) in [5, 5.41) is 2.67. The van der Waals surface area contributed by atoms with Crippen LogP contribution in [0.5, 0.6) is 0 Å². The Kier molecular flexibility index (Phi) is 4.89. The summed E-state index contributed by atoms with van der Waals surface area (Å²) >= 11 is 0. The Bertz CT molecular complexity index is 916. The van der Waals surface area contributed by atoms with Crippen molar-refractivity contribution >= 4 is 29.4 Å². The number of carbonyl (C=O) groups is 3. The molecular weight excluding hydrogens is 381 g/mol. The highest BCUT2D eigenvalue weighted by molar-refractivity contribution is 5.94. The van der Waals surface area contributed by atoms with Crippen LogP contribution in [0, 0.1) is 5.82 Å². The lowest BCUT2D eigenvalue weighted by molar-refractivity contribution is -0.119. The van der Waals surface area contributed by atoms with Gasteiger partial charge in [0, 0.05) is 25.6 Å². The van der Waals surface area contributed by atoms with Gasteiger partial charge in [0.25, 0.3) is 0 Å². The molecule has 1 aromatic carbocycles. The molecule has 3 amide bonds. The molecular formula is C20H22FN3O5. The van der Waals surface area contributed by atoms with Crippen LogP contribution < -0.4 is 10.2 Å². The number of ether oxygens (including phenoxy) is 2. The van der Waals surface area contributed by atoms with Gasteiger partial charge in [-0.1, -0.05) is 6.08 Å². The maximum atomic E-state index is 14.9. The van der Waals surface area contributed by atoms with Crippen molar-refractivity contribution in [1.82, 2.24) is 10.2 Å². The van der Waals surface area contributed by atoms with E-state index < -0.39 is 24.1 Å². The van der Waals surface area contributed by atoms with Gasteiger partial charge >= 0.3 is 12.2 Å². The van der Waals surface area contributed by atoms with Crippen LogP contribution in [-0.2, 0) is 20.7 Å². The van der Waals surface area contributed by atoms with E-state index in [1.807, 2.05) is 6.08 Å². The van der Waals surface area contributed by atoms with E-state index in [0.717, 1.165) is 11.1 Å². The van der Waals surface area contributed by atoms with E-state index in [2.05, 4.69) is 5.32 Å². The number of carbonyl (C=O) groups excluding carboxylic acids is 3. The maximum Gasteiger partial charge on any atom is 0.415 e. The van der Waals surface area contributed by atoms with Gasteiger partial charge < -0.3 is 19.7 Å². The zero-order valence-electron chi connectivity index (χ0n) is 16.2. The Balaban J connectivity index is 1.57. The highest BCUT2D eigenvalue weighted by Crippen LogP contribution is 2.41. The van der Waals surface area contributed by atoms with Gasteiger partial charge in [0.1, 0.15) is 11.9 Å². The molecule has 154 valence electrons. The van der Waals surface area contributed by atoms with Crippen molar-refractivity contribution < 1.29 is 28.2 Å². The Labute approximate surface area is 167 Å². The SMILES string of the molecule is COC(=O)N1CC=C(c2cc3c(cc2F)N2C(=O)OC(CNC(C)=O)[C@@H]2C3)CC1. The van der Waals surface area contributed by atoms with Crippen molar-refractivity contribution in [3.05, 3.63) is 35.2 Å². The number of benzene rings is 1. The molecule has 0 spiro atoms. The maximum absolute atomic E-state index is 14.9. The number of hydrogen-bond acceptors (Lipinski definition) is 5. The quantitative estimate of drug-likeness (QED) is 0.835. The molecule has 0 saturated carbocycles. The molecule has 3 aliphatic rings. The van der Waals surface area contributed by atoms with E-state index in [1.54, 1.807) is 11.0 Å². The van der Waals surface area contributed by atoms with Gasteiger partial charge in [0.2, 0.25) is 5.91 Å². The fourth-order valence-corrected chi connectivity index (χ4v) is 4.16. The third kappa shape index (κ3) is 3.41. The topological polar surface area (TPSA) is 88.2 Å². The molecule has 0 aliphatic carbocycles. The molecule has 1 saturated heterocycles. The van der Waals surface area contributed by atoms with Crippen molar-refractivity contribution in [2.45, 2.75) is 31.9 Å². The van der Waals surface area contributed by atoms with Crippen LogP contribution >= 0.6 is 0 Å². The summed E-state index contributed by atoms with van der Waals surface area (Å²) in [7, 11) is 1.33. The van der Waals surface area contributed by atoms with Crippen molar-refractivity contribution in [2.24, 2.45) is 0 Å². The van der Waals surface area contributed by atoms with E-state index in [0.29, 0.717) is 37.2 Å². The summed E-state index contributed by atoms with van der Waals surface area (Å²) < 4.78 is 25.0. The third-order valence-corrected chi connectivity index (χ3v) is 5.61. The second kappa shape index (κ2) is 7.38. The van der Waals surface area contributed by atoms with E-state index >= 15 is 0 Å². The number of amides is 3. The number of methoxy groups -OCH3 is 1. The van der Waals surface area contributed by atoms with Gasteiger partial charge in [-0.2, -0.15) is 0 Å². The van der Waals surface area contributed by atoms with E-state index in [1.165, 1.54) is 25.0 Å². The summed E-state index contributed by atoms with van der Waals surface area (Å²) in [5.41, 5.74) is 2.70. The Morgan fingerprint density at radius 2 is 2.17 bits per heavy atom. The van der Waals surface area contributed by atoms with Gasteiger partial charge in [0.15, 0.2) is 0 Å². The normalized spacial score (nSPS) is 22.6. The second-order valence-corrected chi connectivity index (χ2v) is 7.36. The number of fused-ring (bicyclic) bond motifs is 3. The monoisotopic (exact) mass is 403 g/mol. The zero-order chi connectivity index (χ0) is 20.7. The van der Waals surface area contributed by atoms with E-state index in [-0.39, 0.29) is 18.5 Å². The first-order chi connectivity index (χ1) is 13.9. The smallest absolute Gasteiger partial charge is 0.415 e. The predicted octanol–water partition coefficient (Wildman–Crippen LogP) is 2.07. The molecule has 2 atom stereocenters. The number of halogens is 1. The van der Waals surface area contributed by atoms with Crippen LogP contribution in [0.3, 0.4) is 0 Å². The molecule has 29 heavy (non-hydrogen) atoms. The molecule has 9 heteroatoms. The third-order valence-electron chi connectivity index (χ3n) is 5.61. The summed E-state index contributed by atoms with van der Waals surface area (Å²) in [5.74, 6) is -0.617. The van der Waals surface area contributed by atoms with Crippen molar-refractivity contribution in [3.8, 4) is 0 Å². The number of nitrogens with zero attached hydrogens (tertiary/aromatic N) is 2. The Morgan fingerprint density at radius 3 is 2.83 bits per heavy atom. The van der Waals surface area contributed by atoms with Gasteiger partial charge in [-0.25, -0.2) is 14.0 Å². The van der Waals surface area contributed by atoms with Crippen LogP contribution in [0.15, 0.2) is 18.2 Å². The molecule has 3 heterocycles. The first-order valence-corrected chi connectivity index (χ1v) is 9.48. The molecule has 1 fully saturated rings. The molecule has 4 rings (SSSR count). The van der Waals surface area contributed by atoms with Gasteiger partial charge in [-0.05, 0) is 36.1 Å². The summed E-state index contributed by atoms with van der Waals surface area (Å²) in [6.07, 6.45) is 1.47. The molecule has 0 aromatic heterocycles. The fourth-order valence-electron chi connectivity index (χ4n) is 4.16.